The normalized spacial score (nSPS) is 13.3. The van der Waals surface area contributed by atoms with E-state index in [9.17, 15) is 0 Å². The van der Waals surface area contributed by atoms with Gasteiger partial charge >= 0.3 is 0 Å². The van der Waals surface area contributed by atoms with Crippen molar-refractivity contribution in [3.63, 3.8) is 0 Å². The molecular weight excluding hydrogens is 633 g/mol. The van der Waals surface area contributed by atoms with Gasteiger partial charge in [-0.1, -0.05) is 158 Å². The van der Waals surface area contributed by atoms with Crippen LogP contribution in [0.5, 0.6) is 0 Å². The molecule has 2 heterocycles. The molecule has 240 valence electrons. The fourth-order valence-corrected chi connectivity index (χ4v) is 13.3. The third-order valence-electron chi connectivity index (χ3n) is 10.3. The predicted octanol–water partition coefficient (Wildman–Crippen LogP) is 9.26. The van der Waals surface area contributed by atoms with Crippen molar-refractivity contribution >= 4 is 72.4 Å². The average molecular weight is 672 g/mol. The second-order valence-electron chi connectivity index (χ2n) is 12.9. The maximum atomic E-state index is 8.86. The summed E-state index contributed by atoms with van der Waals surface area (Å²) in [7, 11) is -2.90. The van der Waals surface area contributed by atoms with Crippen molar-refractivity contribution in [3.8, 4) is 11.4 Å². The van der Waals surface area contributed by atoms with Gasteiger partial charge in [0.25, 0.3) is 0 Å². The first-order valence-electron chi connectivity index (χ1n) is 19.7. The first kappa shape index (κ1) is 24.7. The number of fused-ring (bicyclic) bond motifs is 6. The zero-order valence-corrected chi connectivity index (χ0v) is 28.6. The van der Waals surface area contributed by atoms with Crippen LogP contribution in [0.3, 0.4) is 0 Å². The van der Waals surface area contributed by atoms with E-state index >= 15 is 0 Å². The summed E-state index contributed by atoms with van der Waals surface area (Å²) in [6.07, 6.45) is 0. The van der Waals surface area contributed by atoms with Crippen LogP contribution in [0.15, 0.2) is 206 Å². The molecule has 2 aromatic heterocycles. The molecule has 0 spiro atoms. The Morgan fingerprint density at radius 1 is 0.373 bits per heavy atom. The van der Waals surface area contributed by atoms with Crippen molar-refractivity contribution in [2.45, 2.75) is 0 Å². The van der Waals surface area contributed by atoms with E-state index in [4.69, 9.17) is 6.85 Å². The molecule has 0 bridgehead atoms. The first-order valence-corrected chi connectivity index (χ1v) is 19.2. The highest BCUT2D eigenvalue weighted by Gasteiger charge is 2.43. The highest BCUT2D eigenvalue weighted by molar-refractivity contribution is 7.20. The molecule has 8 aromatic carbocycles. The third-order valence-corrected chi connectivity index (χ3v) is 15.2. The van der Waals surface area contributed by atoms with Crippen molar-refractivity contribution in [3.05, 3.63) is 206 Å². The lowest BCUT2D eigenvalue weighted by atomic mass is 10.1. The van der Waals surface area contributed by atoms with Crippen molar-refractivity contribution in [2.24, 2.45) is 0 Å². The number of para-hydroxylation sites is 3. The largest absolute Gasteiger partial charge is 0.309 e. The van der Waals surface area contributed by atoms with Gasteiger partial charge in [0, 0.05) is 32.9 Å². The standard InChI is InChI=1S/C48H34N2Si/c1-5-18-35(19-6-1)49-43-28-15-13-26-40(43)42-34-36(32-33-45(42)49)50-44-29-16-14-27-41(44)48-46(50)30-17-31-47(48)51(37-20-7-2-8-21-37,38-22-9-3-10-23-38)39-24-11-4-12-25-39/h1-34H/i1D,5D,6D,18D,19D. The van der Waals surface area contributed by atoms with Crippen molar-refractivity contribution in [1.29, 1.82) is 0 Å². The minimum Gasteiger partial charge on any atom is -0.309 e. The summed E-state index contributed by atoms with van der Waals surface area (Å²) in [5.41, 5.74) is 4.82. The summed E-state index contributed by atoms with van der Waals surface area (Å²) < 4.78 is 47.0. The molecule has 0 N–H and O–H groups in total. The highest BCUT2D eigenvalue weighted by atomic mass is 28.3. The average Bonchev–Trinajstić information content (AvgIpc) is 3.77. The summed E-state index contributed by atoms with van der Waals surface area (Å²) in [5.74, 6) is 0. The van der Waals surface area contributed by atoms with E-state index in [1.165, 1.54) is 31.5 Å². The Hall–Kier alpha value is -6.42. The van der Waals surface area contributed by atoms with Gasteiger partial charge in [0.05, 0.1) is 28.9 Å². The zero-order chi connectivity index (χ0) is 38.1. The van der Waals surface area contributed by atoms with Crippen LogP contribution in [0.25, 0.3) is 55.0 Å². The Morgan fingerprint density at radius 3 is 1.49 bits per heavy atom. The van der Waals surface area contributed by atoms with Crippen LogP contribution < -0.4 is 20.7 Å². The quantitative estimate of drug-likeness (QED) is 0.123. The van der Waals surface area contributed by atoms with Gasteiger partial charge in [0.15, 0.2) is 8.07 Å². The van der Waals surface area contributed by atoms with Gasteiger partial charge in [-0.25, -0.2) is 0 Å². The lowest BCUT2D eigenvalue weighted by Gasteiger charge is -2.35. The summed E-state index contributed by atoms with van der Waals surface area (Å²) >= 11 is 0. The molecule has 0 amide bonds. The molecule has 0 aliphatic heterocycles. The lowest BCUT2D eigenvalue weighted by molar-refractivity contribution is 1.17. The van der Waals surface area contributed by atoms with E-state index < -0.39 is 14.1 Å². The SMILES string of the molecule is [2H]c1c([2H])c([2H])c(-n2c3ccccc3c3cc(-n4c5ccccc5c5c([Si](c6ccccc6)(c6ccccc6)c6ccccc6)cccc54)ccc32)c([2H])c1[2H]. The summed E-state index contributed by atoms with van der Waals surface area (Å²) in [6, 6.07) is 61.0. The van der Waals surface area contributed by atoms with Crippen LogP contribution in [0.4, 0.5) is 0 Å². The Balaban J connectivity index is 1.30. The lowest BCUT2D eigenvalue weighted by Crippen LogP contribution is -2.74. The molecule has 0 unspecified atom stereocenters. The smallest absolute Gasteiger partial charge is 0.180 e. The Morgan fingerprint density at radius 2 is 0.863 bits per heavy atom. The van der Waals surface area contributed by atoms with Gasteiger partial charge in [0.1, 0.15) is 0 Å². The second-order valence-corrected chi connectivity index (χ2v) is 16.7. The van der Waals surface area contributed by atoms with Crippen molar-refractivity contribution < 1.29 is 6.85 Å². The molecule has 0 atom stereocenters. The van der Waals surface area contributed by atoms with Gasteiger partial charge in [-0.2, -0.15) is 0 Å². The summed E-state index contributed by atoms with van der Waals surface area (Å²) in [5, 5.41) is 9.48. The molecule has 0 aliphatic carbocycles. The minimum absolute atomic E-state index is 0.139. The highest BCUT2D eigenvalue weighted by Crippen LogP contribution is 2.37. The van der Waals surface area contributed by atoms with E-state index in [1.807, 2.05) is 34.9 Å². The van der Waals surface area contributed by atoms with Crippen LogP contribution in [0.2, 0.25) is 0 Å². The maximum Gasteiger partial charge on any atom is 0.180 e. The Bertz CT molecular complexity index is 3010. The molecule has 0 saturated carbocycles. The molecule has 51 heavy (non-hydrogen) atoms. The molecule has 3 heteroatoms. The van der Waals surface area contributed by atoms with Crippen LogP contribution in [-0.4, -0.2) is 17.2 Å². The van der Waals surface area contributed by atoms with Crippen LogP contribution in [0.1, 0.15) is 6.85 Å². The summed E-state index contributed by atoms with van der Waals surface area (Å²) in [6.45, 7) is 0. The minimum atomic E-state index is -2.90. The molecule has 0 radical (unpaired) electrons. The van der Waals surface area contributed by atoms with Crippen LogP contribution in [-0.2, 0) is 0 Å². The number of hydrogen-bond donors (Lipinski definition) is 0. The predicted molar refractivity (Wildman–Crippen MR) is 219 cm³/mol. The van der Waals surface area contributed by atoms with Gasteiger partial charge in [-0.15, -0.1) is 0 Å². The molecule has 0 aliphatic rings. The second kappa shape index (κ2) is 11.9. The fourth-order valence-electron chi connectivity index (χ4n) is 8.34. The topological polar surface area (TPSA) is 9.86 Å². The van der Waals surface area contributed by atoms with E-state index in [1.54, 1.807) is 0 Å². The summed E-state index contributed by atoms with van der Waals surface area (Å²) in [4.78, 5) is 0. The first-order chi connectivity index (χ1) is 27.4. The zero-order valence-electron chi connectivity index (χ0n) is 32.6. The number of aromatic nitrogens is 2. The molecule has 10 aromatic rings. The van der Waals surface area contributed by atoms with E-state index in [-0.39, 0.29) is 29.9 Å². The number of rotatable bonds is 6. The van der Waals surface area contributed by atoms with Gasteiger partial charge in [0.2, 0.25) is 0 Å². The monoisotopic (exact) mass is 671 g/mol. The molecule has 0 saturated heterocycles. The van der Waals surface area contributed by atoms with Crippen molar-refractivity contribution in [2.75, 3.05) is 0 Å². The van der Waals surface area contributed by atoms with E-state index in [0.29, 0.717) is 0 Å². The fraction of sp³-hybridized carbons (Fsp3) is 0. The Kier molecular flexibility index (Phi) is 5.74. The van der Waals surface area contributed by atoms with Gasteiger partial charge in [-0.3, -0.25) is 0 Å². The number of hydrogen-bond acceptors (Lipinski definition) is 0. The molecule has 0 fully saturated rings. The third kappa shape index (κ3) is 4.42. The van der Waals surface area contributed by atoms with Crippen LogP contribution in [0, 0.1) is 0 Å². The maximum absolute atomic E-state index is 8.86. The Labute approximate surface area is 305 Å². The van der Waals surface area contributed by atoms with Gasteiger partial charge in [-0.05, 0) is 69.2 Å². The van der Waals surface area contributed by atoms with E-state index in [0.717, 1.165) is 38.5 Å². The van der Waals surface area contributed by atoms with Crippen molar-refractivity contribution in [1.82, 2.24) is 9.13 Å². The van der Waals surface area contributed by atoms with Gasteiger partial charge < -0.3 is 9.13 Å². The molecule has 2 nitrogen and oxygen atoms in total. The molecular formula is C48H34N2Si. The molecule has 10 rings (SSSR count). The number of benzene rings is 8. The van der Waals surface area contributed by atoms with Crippen LogP contribution >= 0.6 is 0 Å². The number of nitrogens with zero attached hydrogens (tertiary/aromatic N) is 2. The van der Waals surface area contributed by atoms with E-state index in [2.05, 4.69) is 150 Å².